The van der Waals surface area contributed by atoms with Crippen LogP contribution in [0.3, 0.4) is 0 Å². The zero-order valence-corrected chi connectivity index (χ0v) is 15.3. The van der Waals surface area contributed by atoms with Crippen LogP contribution in [0, 0.1) is 0 Å². The lowest BCUT2D eigenvalue weighted by molar-refractivity contribution is 0.202. The second-order valence-electron chi connectivity index (χ2n) is 7.73. The third-order valence-electron chi connectivity index (χ3n) is 4.70. The van der Waals surface area contributed by atoms with Crippen molar-refractivity contribution in [3.8, 4) is 5.75 Å². The Labute approximate surface area is 149 Å². The molecule has 134 valence electrons. The molecule has 0 bridgehead atoms. The number of aromatic amines is 1. The number of aromatic nitrogens is 2. The minimum Gasteiger partial charge on any atom is -0.410 e. The van der Waals surface area contributed by atoms with Crippen LogP contribution in [0.15, 0.2) is 36.4 Å². The van der Waals surface area contributed by atoms with Gasteiger partial charge in [0.15, 0.2) is 5.82 Å². The molecule has 1 saturated carbocycles. The molecule has 5 nitrogen and oxygen atoms in total. The molecule has 1 aromatic heterocycles. The molecule has 2 aromatic rings. The molecule has 0 saturated heterocycles. The third-order valence-corrected chi connectivity index (χ3v) is 4.70. The summed E-state index contributed by atoms with van der Waals surface area (Å²) in [6.07, 6.45) is 5.12. The van der Waals surface area contributed by atoms with Crippen molar-refractivity contribution in [3.05, 3.63) is 42.1 Å². The molecule has 1 aliphatic rings. The first-order valence-electron chi connectivity index (χ1n) is 9.07. The van der Waals surface area contributed by atoms with Gasteiger partial charge in [-0.2, -0.15) is 5.10 Å². The Morgan fingerprint density at radius 2 is 1.84 bits per heavy atom. The first kappa shape index (κ1) is 17.5. The van der Waals surface area contributed by atoms with E-state index in [9.17, 15) is 4.79 Å². The molecule has 1 heterocycles. The van der Waals surface area contributed by atoms with E-state index in [1.165, 1.54) is 6.42 Å². The van der Waals surface area contributed by atoms with E-state index in [1.54, 1.807) is 17.0 Å². The molecule has 0 unspecified atom stereocenters. The fourth-order valence-corrected chi connectivity index (χ4v) is 3.23. The van der Waals surface area contributed by atoms with E-state index in [4.69, 9.17) is 4.74 Å². The van der Waals surface area contributed by atoms with Crippen LogP contribution in [-0.2, 0) is 5.41 Å². The van der Waals surface area contributed by atoms with Gasteiger partial charge in [0, 0.05) is 23.2 Å². The summed E-state index contributed by atoms with van der Waals surface area (Å²) in [6.45, 7) is 6.37. The van der Waals surface area contributed by atoms with Crippen LogP contribution in [0.4, 0.5) is 10.6 Å². The molecule has 1 N–H and O–H groups in total. The molecule has 0 spiro atoms. The van der Waals surface area contributed by atoms with Crippen LogP contribution in [0.5, 0.6) is 5.75 Å². The van der Waals surface area contributed by atoms with E-state index in [1.807, 2.05) is 24.3 Å². The number of hydrogen-bond donors (Lipinski definition) is 1. The maximum atomic E-state index is 12.9. The van der Waals surface area contributed by atoms with Gasteiger partial charge >= 0.3 is 6.09 Å². The molecular formula is C20H27N3O2. The number of benzene rings is 1. The van der Waals surface area contributed by atoms with Crippen molar-refractivity contribution in [2.45, 2.75) is 64.3 Å². The van der Waals surface area contributed by atoms with Crippen molar-refractivity contribution < 1.29 is 9.53 Å². The Bertz CT molecular complexity index is 697. The van der Waals surface area contributed by atoms with Crippen molar-refractivity contribution >= 4 is 11.9 Å². The van der Waals surface area contributed by atoms with Gasteiger partial charge in [-0.05, 0) is 25.0 Å². The van der Waals surface area contributed by atoms with Gasteiger partial charge < -0.3 is 4.74 Å². The second-order valence-corrected chi connectivity index (χ2v) is 7.73. The van der Waals surface area contributed by atoms with Gasteiger partial charge in [0.2, 0.25) is 0 Å². The summed E-state index contributed by atoms with van der Waals surface area (Å²) >= 11 is 0. The molecule has 5 heteroatoms. The number of ether oxygens (including phenoxy) is 1. The predicted molar refractivity (Wildman–Crippen MR) is 99.1 cm³/mol. The van der Waals surface area contributed by atoms with Gasteiger partial charge in [-0.15, -0.1) is 0 Å². The van der Waals surface area contributed by atoms with Gasteiger partial charge in [0.25, 0.3) is 0 Å². The highest BCUT2D eigenvalue weighted by Crippen LogP contribution is 2.30. The highest BCUT2D eigenvalue weighted by Gasteiger charge is 2.31. The van der Waals surface area contributed by atoms with E-state index < -0.39 is 0 Å². The average Bonchev–Trinajstić information content (AvgIpc) is 3.07. The summed E-state index contributed by atoms with van der Waals surface area (Å²) in [7, 11) is 0. The second kappa shape index (κ2) is 7.30. The highest BCUT2D eigenvalue weighted by molar-refractivity contribution is 5.88. The van der Waals surface area contributed by atoms with Crippen LogP contribution < -0.4 is 9.64 Å². The lowest BCUT2D eigenvalue weighted by Crippen LogP contribution is -2.43. The SMILES string of the molecule is CC(C)(C)c1cc(N(C(=O)Oc2ccccc2)C2CCCCC2)n[nH]1. The Morgan fingerprint density at radius 3 is 2.44 bits per heavy atom. The van der Waals surface area contributed by atoms with E-state index in [0.29, 0.717) is 11.6 Å². The number of hydrogen-bond acceptors (Lipinski definition) is 3. The van der Waals surface area contributed by atoms with Gasteiger partial charge in [-0.1, -0.05) is 58.2 Å². The maximum Gasteiger partial charge on any atom is 0.421 e. The van der Waals surface area contributed by atoms with E-state index in [-0.39, 0.29) is 17.6 Å². The molecule has 1 amide bonds. The highest BCUT2D eigenvalue weighted by atomic mass is 16.6. The number of carbonyl (C=O) groups excluding carboxylic acids is 1. The number of rotatable bonds is 3. The number of H-pyrrole nitrogens is 1. The fourth-order valence-electron chi connectivity index (χ4n) is 3.23. The summed E-state index contributed by atoms with van der Waals surface area (Å²) < 4.78 is 5.61. The first-order chi connectivity index (χ1) is 11.9. The predicted octanol–water partition coefficient (Wildman–Crippen LogP) is 5.05. The number of amides is 1. The zero-order valence-electron chi connectivity index (χ0n) is 15.3. The number of para-hydroxylation sites is 1. The standard InChI is InChI=1S/C20H27N3O2/c1-20(2,3)17-14-18(22-21-17)23(15-10-6-4-7-11-15)19(24)25-16-12-8-5-9-13-16/h5,8-9,12-15H,4,6-7,10-11H2,1-3H3,(H,21,22). The lowest BCUT2D eigenvalue weighted by Gasteiger charge is -2.31. The largest absolute Gasteiger partial charge is 0.421 e. The number of nitrogens with one attached hydrogen (secondary N) is 1. The van der Waals surface area contributed by atoms with Crippen molar-refractivity contribution in [2.24, 2.45) is 0 Å². The van der Waals surface area contributed by atoms with Crippen LogP contribution in [0.2, 0.25) is 0 Å². The first-order valence-corrected chi connectivity index (χ1v) is 9.07. The van der Waals surface area contributed by atoms with Gasteiger partial charge in [-0.3, -0.25) is 10.00 Å². The minimum atomic E-state index is -0.356. The Morgan fingerprint density at radius 1 is 1.16 bits per heavy atom. The van der Waals surface area contributed by atoms with Gasteiger partial charge in [0.05, 0.1) is 0 Å². The molecule has 1 aromatic carbocycles. The maximum absolute atomic E-state index is 12.9. The van der Waals surface area contributed by atoms with Crippen LogP contribution in [-0.4, -0.2) is 22.3 Å². The van der Waals surface area contributed by atoms with E-state index in [2.05, 4.69) is 31.0 Å². The summed E-state index contributed by atoms with van der Waals surface area (Å²) in [4.78, 5) is 14.7. The van der Waals surface area contributed by atoms with Crippen molar-refractivity contribution in [2.75, 3.05) is 4.90 Å². The quantitative estimate of drug-likeness (QED) is 0.850. The van der Waals surface area contributed by atoms with Crippen molar-refractivity contribution in [1.29, 1.82) is 0 Å². The molecule has 0 aliphatic heterocycles. The van der Waals surface area contributed by atoms with Crippen molar-refractivity contribution in [3.63, 3.8) is 0 Å². The summed E-state index contributed by atoms with van der Waals surface area (Å²) in [5.74, 6) is 1.21. The van der Waals surface area contributed by atoms with E-state index >= 15 is 0 Å². The summed E-state index contributed by atoms with van der Waals surface area (Å²) in [5, 5.41) is 7.51. The Hall–Kier alpha value is -2.30. The topological polar surface area (TPSA) is 58.2 Å². The lowest BCUT2D eigenvalue weighted by atomic mass is 9.92. The van der Waals surface area contributed by atoms with Crippen LogP contribution in [0.25, 0.3) is 0 Å². The smallest absolute Gasteiger partial charge is 0.410 e. The van der Waals surface area contributed by atoms with Gasteiger partial charge in [0.1, 0.15) is 5.75 Å². The van der Waals surface area contributed by atoms with Crippen molar-refractivity contribution in [1.82, 2.24) is 10.2 Å². The van der Waals surface area contributed by atoms with Gasteiger partial charge in [-0.25, -0.2) is 4.79 Å². The normalized spacial score (nSPS) is 15.8. The molecule has 0 radical (unpaired) electrons. The minimum absolute atomic E-state index is 0.0488. The third kappa shape index (κ3) is 4.21. The Balaban J connectivity index is 1.86. The number of carbonyl (C=O) groups is 1. The Kier molecular flexibility index (Phi) is 5.11. The van der Waals surface area contributed by atoms with Crippen LogP contribution in [0.1, 0.15) is 58.6 Å². The monoisotopic (exact) mass is 341 g/mol. The zero-order chi connectivity index (χ0) is 17.9. The molecule has 3 rings (SSSR count). The van der Waals surface area contributed by atoms with E-state index in [0.717, 1.165) is 31.4 Å². The summed E-state index contributed by atoms with van der Waals surface area (Å²) in [5.41, 5.74) is 0.961. The molecular weight excluding hydrogens is 314 g/mol. The molecule has 0 atom stereocenters. The fraction of sp³-hybridized carbons (Fsp3) is 0.500. The summed E-state index contributed by atoms with van der Waals surface area (Å²) in [6, 6.07) is 11.3. The average molecular weight is 341 g/mol. The van der Waals surface area contributed by atoms with Crippen LogP contribution >= 0.6 is 0 Å². The number of nitrogens with zero attached hydrogens (tertiary/aromatic N) is 2. The molecule has 1 fully saturated rings. The molecule has 1 aliphatic carbocycles. The number of anilines is 1. The molecule has 25 heavy (non-hydrogen) atoms.